The van der Waals surface area contributed by atoms with E-state index >= 15 is 0 Å². The number of nitrogens with zero attached hydrogens (tertiary/aromatic N) is 3. The van der Waals surface area contributed by atoms with Crippen LogP contribution in [0.1, 0.15) is 47.4 Å². The van der Waals surface area contributed by atoms with Crippen LogP contribution in [0, 0.1) is 6.92 Å². The molecule has 2 aromatic rings. The summed E-state index contributed by atoms with van der Waals surface area (Å²) in [5.74, 6) is -0.0184. The van der Waals surface area contributed by atoms with Crippen LogP contribution >= 0.6 is 11.6 Å². The topological polar surface area (TPSA) is 38.1 Å². The first-order valence-corrected chi connectivity index (χ1v) is 8.09. The maximum Gasteiger partial charge on any atom is 0.274 e. The van der Waals surface area contributed by atoms with Crippen LogP contribution in [0.15, 0.2) is 30.5 Å². The monoisotopic (exact) mass is 317 g/mol. The zero-order chi connectivity index (χ0) is 15.7. The molecule has 2 heterocycles. The van der Waals surface area contributed by atoms with Gasteiger partial charge in [0.05, 0.1) is 17.3 Å². The highest BCUT2D eigenvalue weighted by Crippen LogP contribution is 2.35. The first kappa shape index (κ1) is 15.1. The fourth-order valence-electron chi connectivity index (χ4n) is 3.24. The SMILES string of the molecule is CCn1ncc(Cl)c1C(=O)N1CCC[C@@H]1c1ccccc1C. The molecule has 1 aromatic carbocycles. The molecule has 1 fully saturated rings. The minimum atomic E-state index is -0.0184. The van der Waals surface area contributed by atoms with Crippen LogP contribution in [0.4, 0.5) is 0 Å². The van der Waals surface area contributed by atoms with Crippen LogP contribution in [0.3, 0.4) is 0 Å². The Bertz CT molecular complexity index is 695. The van der Waals surface area contributed by atoms with Gasteiger partial charge in [-0.3, -0.25) is 9.48 Å². The van der Waals surface area contributed by atoms with Crippen LogP contribution in [0.2, 0.25) is 5.02 Å². The Balaban J connectivity index is 1.95. The number of rotatable bonds is 3. The number of hydrogen-bond acceptors (Lipinski definition) is 2. The number of aromatic nitrogens is 2. The van der Waals surface area contributed by atoms with Crippen molar-refractivity contribution in [1.29, 1.82) is 0 Å². The molecular weight excluding hydrogens is 298 g/mol. The van der Waals surface area contributed by atoms with E-state index < -0.39 is 0 Å². The zero-order valence-electron chi connectivity index (χ0n) is 12.9. The highest BCUT2D eigenvalue weighted by atomic mass is 35.5. The van der Waals surface area contributed by atoms with Crippen molar-refractivity contribution in [1.82, 2.24) is 14.7 Å². The lowest BCUT2D eigenvalue weighted by atomic mass is 9.99. The number of aryl methyl sites for hydroxylation is 2. The molecule has 0 aliphatic carbocycles. The van der Waals surface area contributed by atoms with Crippen LogP contribution in [0.25, 0.3) is 0 Å². The van der Waals surface area contributed by atoms with Gasteiger partial charge in [0.25, 0.3) is 5.91 Å². The molecule has 1 aromatic heterocycles. The number of carbonyl (C=O) groups is 1. The fourth-order valence-corrected chi connectivity index (χ4v) is 3.47. The standard InChI is InChI=1S/C17H20ClN3O/c1-3-21-16(14(18)11-19-21)17(22)20-10-6-9-15(20)13-8-5-4-7-12(13)2/h4-5,7-8,11,15H,3,6,9-10H2,1-2H3/t15-/m1/s1. The second kappa shape index (κ2) is 6.13. The zero-order valence-corrected chi connectivity index (χ0v) is 13.7. The molecule has 0 spiro atoms. The third kappa shape index (κ3) is 2.52. The van der Waals surface area contributed by atoms with E-state index in [1.807, 2.05) is 24.0 Å². The van der Waals surface area contributed by atoms with E-state index in [0.29, 0.717) is 17.3 Å². The summed E-state index contributed by atoms with van der Waals surface area (Å²) in [5.41, 5.74) is 2.96. The smallest absolute Gasteiger partial charge is 0.274 e. The van der Waals surface area contributed by atoms with Crippen molar-refractivity contribution in [2.75, 3.05) is 6.54 Å². The van der Waals surface area contributed by atoms with Crippen molar-refractivity contribution in [3.8, 4) is 0 Å². The summed E-state index contributed by atoms with van der Waals surface area (Å²) in [5, 5.41) is 4.61. The van der Waals surface area contributed by atoms with Gasteiger partial charge < -0.3 is 4.90 Å². The maximum atomic E-state index is 13.0. The summed E-state index contributed by atoms with van der Waals surface area (Å²) in [7, 11) is 0. The van der Waals surface area contributed by atoms with E-state index in [1.165, 1.54) is 11.1 Å². The Kier molecular flexibility index (Phi) is 4.21. The van der Waals surface area contributed by atoms with Gasteiger partial charge in [0.1, 0.15) is 5.69 Å². The molecule has 3 rings (SSSR count). The Morgan fingerprint density at radius 3 is 2.91 bits per heavy atom. The van der Waals surface area contributed by atoms with Crippen molar-refractivity contribution in [2.45, 2.75) is 39.3 Å². The number of amides is 1. The van der Waals surface area contributed by atoms with E-state index in [0.717, 1.165) is 19.4 Å². The van der Waals surface area contributed by atoms with Crippen molar-refractivity contribution in [3.63, 3.8) is 0 Å². The number of halogens is 1. The fraction of sp³-hybridized carbons (Fsp3) is 0.412. The average Bonchev–Trinajstić information content (AvgIpc) is 3.13. The Morgan fingerprint density at radius 2 is 2.18 bits per heavy atom. The van der Waals surface area contributed by atoms with E-state index in [-0.39, 0.29) is 11.9 Å². The molecule has 116 valence electrons. The molecule has 0 saturated carbocycles. The van der Waals surface area contributed by atoms with Gasteiger partial charge >= 0.3 is 0 Å². The Morgan fingerprint density at radius 1 is 1.41 bits per heavy atom. The highest BCUT2D eigenvalue weighted by Gasteiger charge is 2.33. The third-order valence-corrected chi connectivity index (χ3v) is 4.63. The Labute approximate surface area is 135 Å². The molecule has 1 saturated heterocycles. The molecule has 0 radical (unpaired) electrons. The molecule has 5 heteroatoms. The molecule has 4 nitrogen and oxygen atoms in total. The summed E-state index contributed by atoms with van der Waals surface area (Å²) in [4.78, 5) is 14.9. The second-order valence-corrected chi connectivity index (χ2v) is 6.08. The number of likely N-dealkylation sites (tertiary alicyclic amines) is 1. The Hall–Kier alpha value is -1.81. The first-order chi connectivity index (χ1) is 10.6. The minimum Gasteiger partial charge on any atom is -0.330 e. The summed E-state index contributed by atoms with van der Waals surface area (Å²) in [6, 6.07) is 8.41. The van der Waals surface area contributed by atoms with Gasteiger partial charge in [-0.1, -0.05) is 35.9 Å². The minimum absolute atomic E-state index is 0.0184. The van der Waals surface area contributed by atoms with E-state index in [1.54, 1.807) is 10.9 Å². The lowest BCUT2D eigenvalue weighted by Crippen LogP contribution is -2.32. The predicted molar refractivity (Wildman–Crippen MR) is 87.1 cm³/mol. The molecule has 0 bridgehead atoms. The average molecular weight is 318 g/mol. The van der Waals surface area contributed by atoms with Gasteiger partial charge in [-0.05, 0) is 37.8 Å². The summed E-state index contributed by atoms with van der Waals surface area (Å²) < 4.78 is 1.68. The van der Waals surface area contributed by atoms with Crippen molar-refractivity contribution >= 4 is 17.5 Å². The highest BCUT2D eigenvalue weighted by molar-refractivity contribution is 6.33. The maximum absolute atomic E-state index is 13.0. The predicted octanol–water partition coefficient (Wildman–Crippen LogP) is 3.84. The molecule has 0 N–H and O–H groups in total. The summed E-state index contributed by atoms with van der Waals surface area (Å²) >= 11 is 6.19. The van der Waals surface area contributed by atoms with Gasteiger partial charge in [0.15, 0.2) is 0 Å². The van der Waals surface area contributed by atoms with E-state index in [4.69, 9.17) is 11.6 Å². The molecule has 1 atom stereocenters. The van der Waals surface area contributed by atoms with Gasteiger partial charge in [0.2, 0.25) is 0 Å². The largest absolute Gasteiger partial charge is 0.330 e. The number of hydrogen-bond donors (Lipinski definition) is 0. The molecular formula is C17H20ClN3O. The number of benzene rings is 1. The van der Waals surface area contributed by atoms with Gasteiger partial charge in [0, 0.05) is 13.1 Å². The molecule has 1 aliphatic heterocycles. The second-order valence-electron chi connectivity index (χ2n) is 5.67. The third-order valence-electron chi connectivity index (χ3n) is 4.36. The molecule has 22 heavy (non-hydrogen) atoms. The quantitative estimate of drug-likeness (QED) is 0.862. The van der Waals surface area contributed by atoms with Crippen LogP contribution < -0.4 is 0 Å². The summed E-state index contributed by atoms with van der Waals surface area (Å²) in [6.45, 7) is 5.46. The molecule has 1 amide bonds. The van der Waals surface area contributed by atoms with Crippen molar-refractivity contribution < 1.29 is 4.79 Å². The summed E-state index contributed by atoms with van der Waals surface area (Å²) in [6.07, 6.45) is 3.56. The lowest BCUT2D eigenvalue weighted by molar-refractivity contribution is 0.0723. The van der Waals surface area contributed by atoms with Crippen LogP contribution in [0.5, 0.6) is 0 Å². The van der Waals surface area contributed by atoms with E-state index in [2.05, 4.69) is 24.2 Å². The molecule has 1 aliphatic rings. The first-order valence-electron chi connectivity index (χ1n) is 7.71. The van der Waals surface area contributed by atoms with Crippen molar-refractivity contribution in [3.05, 3.63) is 52.3 Å². The van der Waals surface area contributed by atoms with Crippen LogP contribution in [-0.4, -0.2) is 27.1 Å². The van der Waals surface area contributed by atoms with Gasteiger partial charge in [-0.15, -0.1) is 0 Å². The van der Waals surface area contributed by atoms with Crippen molar-refractivity contribution in [2.24, 2.45) is 0 Å². The van der Waals surface area contributed by atoms with Gasteiger partial charge in [-0.25, -0.2) is 0 Å². The van der Waals surface area contributed by atoms with Gasteiger partial charge in [-0.2, -0.15) is 5.10 Å². The van der Waals surface area contributed by atoms with Crippen LogP contribution in [-0.2, 0) is 6.54 Å². The number of carbonyl (C=O) groups excluding carboxylic acids is 1. The lowest BCUT2D eigenvalue weighted by Gasteiger charge is -2.26. The normalized spacial score (nSPS) is 18.0. The molecule has 0 unspecified atom stereocenters. The van der Waals surface area contributed by atoms with E-state index in [9.17, 15) is 4.79 Å².